The Balaban J connectivity index is 2.27. The van der Waals surface area contributed by atoms with E-state index < -0.39 is 11.6 Å². The molecule has 0 aromatic carbocycles. The van der Waals surface area contributed by atoms with Crippen LogP contribution in [-0.2, 0) is 9.53 Å². The van der Waals surface area contributed by atoms with Crippen molar-refractivity contribution in [3.05, 3.63) is 0 Å². The molecule has 0 aromatic heterocycles. The van der Waals surface area contributed by atoms with E-state index in [-0.39, 0.29) is 12.6 Å². The highest BCUT2D eigenvalue weighted by molar-refractivity contribution is 5.80. The lowest BCUT2D eigenvalue weighted by Crippen LogP contribution is -2.49. The zero-order valence-corrected chi connectivity index (χ0v) is 10.4. The van der Waals surface area contributed by atoms with Crippen molar-refractivity contribution < 1.29 is 19.4 Å². The van der Waals surface area contributed by atoms with Crippen LogP contribution in [-0.4, -0.2) is 53.8 Å². The van der Waals surface area contributed by atoms with Crippen molar-refractivity contribution in [2.24, 2.45) is 0 Å². The molecule has 0 aliphatic carbocycles. The summed E-state index contributed by atoms with van der Waals surface area (Å²) in [6.07, 6.45) is 1.11. The predicted molar refractivity (Wildman–Crippen MR) is 61.5 cm³/mol. The molecule has 2 N–H and O–H groups in total. The first-order chi connectivity index (χ1) is 7.94. The molecular formula is C11H20N2O4. The Hall–Kier alpha value is -1.30. The topological polar surface area (TPSA) is 78.9 Å². The maximum Gasteiger partial charge on any atom is 0.325 e. The monoisotopic (exact) mass is 244 g/mol. The lowest BCUT2D eigenvalue weighted by atomic mass is 9.94. The molecule has 2 amide bonds. The number of amides is 2. The van der Waals surface area contributed by atoms with Gasteiger partial charge in [0.25, 0.3) is 0 Å². The molecule has 6 heteroatoms. The summed E-state index contributed by atoms with van der Waals surface area (Å²) in [4.78, 5) is 24.3. The largest absolute Gasteiger partial charge is 0.465 e. The molecule has 98 valence electrons. The summed E-state index contributed by atoms with van der Waals surface area (Å²) in [5, 5.41) is 12.2. The summed E-state index contributed by atoms with van der Waals surface area (Å²) in [6, 6.07) is -0.284. The van der Waals surface area contributed by atoms with Gasteiger partial charge >= 0.3 is 12.0 Å². The van der Waals surface area contributed by atoms with Crippen LogP contribution in [0.3, 0.4) is 0 Å². The molecule has 0 radical (unpaired) electrons. The number of aliphatic hydroxyl groups is 1. The van der Waals surface area contributed by atoms with Crippen LogP contribution in [0.4, 0.5) is 4.79 Å². The normalized spacial score (nSPS) is 18.6. The zero-order chi connectivity index (χ0) is 12.9. The number of ether oxygens (including phenoxy) is 1. The molecule has 1 aliphatic heterocycles. The molecule has 0 atom stereocenters. The van der Waals surface area contributed by atoms with Crippen LogP contribution in [0, 0.1) is 0 Å². The molecular weight excluding hydrogens is 224 g/mol. The third kappa shape index (κ3) is 4.60. The highest BCUT2D eigenvalue weighted by atomic mass is 16.5. The minimum absolute atomic E-state index is 0.112. The van der Waals surface area contributed by atoms with Crippen molar-refractivity contribution in [3.63, 3.8) is 0 Å². The van der Waals surface area contributed by atoms with E-state index in [2.05, 4.69) is 5.32 Å². The molecule has 1 rings (SSSR count). The number of hydrogen-bond donors (Lipinski definition) is 2. The minimum atomic E-state index is -0.683. The summed E-state index contributed by atoms with van der Waals surface area (Å²) < 4.78 is 4.70. The number of carbonyl (C=O) groups is 2. The van der Waals surface area contributed by atoms with Gasteiger partial charge in [0.05, 0.1) is 12.2 Å². The molecule has 17 heavy (non-hydrogen) atoms. The SMILES string of the molecule is CCOC(=O)CNC(=O)N1CCC(C)(O)CC1. The fourth-order valence-electron chi connectivity index (χ4n) is 1.66. The fourth-order valence-corrected chi connectivity index (χ4v) is 1.66. The average molecular weight is 244 g/mol. The first-order valence-electron chi connectivity index (χ1n) is 5.85. The molecule has 0 bridgehead atoms. The van der Waals surface area contributed by atoms with Crippen molar-refractivity contribution in [3.8, 4) is 0 Å². The molecule has 0 saturated carbocycles. The maximum atomic E-state index is 11.6. The van der Waals surface area contributed by atoms with Crippen molar-refractivity contribution in [1.82, 2.24) is 10.2 Å². The number of nitrogens with one attached hydrogen (secondary N) is 1. The number of nitrogens with zero attached hydrogens (tertiary/aromatic N) is 1. The van der Waals surface area contributed by atoms with Gasteiger partial charge in [0, 0.05) is 13.1 Å². The number of carbonyl (C=O) groups excluding carboxylic acids is 2. The molecule has 1 saturated heterocycles. The number of urea groups is 1. The second-order valence-corrected chi connectivity index (χ2v) is 4.45. The standard InChI is InChI=1S/C11H20N2O4/c1-3-17-9(14)8-12-10(15)13-6-4-11(2,16)5-7-13/h16H,3-8H2,1-2H3,(H,12,15). The molecule has 1 aliphatic rings. The number of esters is 1. The van der Waals surface area contributed by atoms with Gasteiger partial charge in [-0.1, -0.05) is 0 Å². The smallest absolute Gasteiger partial charge is 0.325 e. The summed E-state index contributed by atoms with van der Waals surface area (Å²) in [7, 11) is 0. The van der Waals surface area contributed by atoms with Crippen LogP contribution in [0.15, 0.2) is 0 Å². The third-order valence-corrected chi connectivity index (χ3v) is 2.82. The van der Waals surface area contributed by atoms with Crippen molar-refractivity contribution in [2.45, 2.75) is 32.3 Å². The zero-order valence-electron chi connectivity index (χ0n) is 10.4. The summed E-state index contributed by atoms with van der Waals surface area (Å²) in [5.74, 6) is -0.440. The summed E-state index contributed by atoms with van der Waals surface area (Å²) >= 11 is 0. The van der Waals surface area contributed by atoms with E-state index in [0.717, 1.165) is 0 Å². The van der Waals surface area contributed by atoms with E-state index in [1.165, 1.54) is 0 Å². The van der Waals surface area contributed by atoms with Crippen molar-refractivity contribution >= 4 is 12.0 Å². The van der Waals surface area contributed by atoms with Gasteiger partial charge in [-0.15, -0.1) is 0 Å². The quantitative estimate of drug-likeness (QED) is 0.690. The van der Waals surface area contributed by atoms with E-state index in [0.29, 0.717) is 32.5 Å². The van der Waals surface area contributed by atoms with Crippen LogP contribution >= 0.6 is 0 Å². The Labute approximate surface area is 101 Å². The highest BCUT2D eigenvalue weighted by Crippen LogP contribution is 2.20. The fraction of sp³-hybridized carbons (Fsp3) is 0.818. The first-order valence-corrected chi connectivity index (χ1v) is 5.85. The van der Waals surface area contributed by atoms with Gasteiger partial charge in [-0.3, -0.25) is 4.79 Å². The summed E-state index contributed by atoms with van der Waals surface area (Å²) in [5.41, 5.74) is -0.683. The van der Waals surface area contributed by atoms with Gasteiger partial charge in [0.2, 0.25) is 0 Å². The average Bonchev–Trinajstić information content (AvgIpc) is 2.26. The third-order valence-electron chi connectivity index (χ3n) is 2.82. The van der Waals surface area contributed by atoms with Crippen LogP contribution in [0.1, 0.15) is 26.7 Å². The first kappa shape index (κ1) is 13.8. The van der Waals surface area contributed by atoms with Crippen LogP contribution in [0.5, 0.6) is 0 Å². The summed E-state index contributed by atoms with van der Waals surface area (Å²) in [6.45, 7) is 4.68. The van der Waals surface area contributed by atoms with Crippen molar-refractivity contribution in [2.75, 3.05) is 26.2 Å². The molecule has 6 nitrogen and oxygen atoms in total. The lowest BCUT2D eigenvalue weighted by Gasteiger charge is -2.35. The van der Waals surface area contributed by atoms with Crippen molar-refractivity contribution in [1.29, 1.82) is 0 Å². The van der Waals surface area contributed by atoms with E-state index >= 15 is 0 Å². The molecule has 1 heterocycles. The van der Waals surface area contributed by atoms with Crippen LogP contribution < -0.4 is 5.32 Å². The second-order valence-electron chi connectivity index (χ2n) is 4.45. The van der Waals surface area contributed by atoms with Gasteiger partial charge in [-0.25, -0.2) is 4.79 Å². The van der Waals surface area contributed by atoms with Gasteiger partial charge < -0.3 is 20.1 Å². The predicted octanol–water partition coefficient (Wildman–Crippen LogP) is 0.106. The number of rotatable bonds is 3. The Morgan fingerprint density at radius 2 is 2.00 bits per heavy atom. The maximum absolute atomic E-state index is 11.6. The lowest BCUT2D eigenvalue weighted by molar-refractivity contribution is -0.141. The van der Waals surface area contributed by atoms with E-state index in [4.69, 9.17) is 4.74 Å². The van der Waals surface area contributed by atoms with Gasteiger partial charge in [0.15, 0.2) is 0 Å². The van der Waals surface area contributed by atoms with Crippen LogP contribution in [0.2, 0.25) is 0 Å². The highest BCUT2D eigenvalue weighted by Gasteiger charge is 2.29. The van der Waals surface area contributed by atoms with E-state index in [1.807, 2.05) is 0 Å². The number of hydrogen-bond acceptors (Lipinski definition) is 4. The second kappa shape index (κ2) is 5.86. The van der Waals surface area contributed by atoms with Gasteiger partial charge in [-0.2, -0.15) is 0 Å². The Morgan fingerprint density at radius 1 is 1.41 bits per heavy atom. The number of likely N-dealkylation sites (tertiary alicyclic amines) is 1. The molecule has 1 fully saturated rings. The Bertz CT molecular complexity index is 281. The van der Waals surface area contributed by atoms with Gasteiger partial charge in [0.1, 0.15) is 6.54 Å². The Morgan fingerprint density at radius 3 is 2.53 bits per heavy atom. The Kier molecular flexibility index (Phi) is 4.74. The molecule has 0 unspecified atom stereocenters. The molecule has 0 spiro atoms. The van der Waals surface area contributed by atoms with E-state index in [9.17, 15) is 14.7 Å². The molecule has 0 aromatic rings. The van der Waals surface area contributed by atoms with Gasteiger partial charge in [-0.05, 0) is 26.7 Å². The minimum Gasteiger partial charge on any atom is -0.465 e. The van der Waals surface area contributed by atoms with Crippen LogP contribution in [0.25, 0.3) is 0 Å². The van der Waals surface area contributed by atoms with E-state index in [1.54, 1.807) is 18.7 Å². The number of piperidine rings is 1.